The minimum Gasteiger partial charge on any atom is -0.347 e. The predicted molar refractivity (Wildman–Crippen MR) is 72.4 cm³/mol. The summed E-state index contributed by atoms with van der Waals surface area (Å²) < 4.78 is 1.00. The standard InChI is InChI=1S/C12H9BrClN3O/c13-9-3-1-8(2-4-9)7-15-12(18)10-5-6-11(14)17-16-10/h1-6H,7H2,(H,15,18). The highest BCUT2D eigenvalue weighted by atomic mass is 79.9. The van der Waals surface area contributed by atoms with Crippen molar-refractivity contribution >= 4 is 33.4 Å². The number of hydrogen-bond donors (Lipinski definition) is 1. The Morgan fingerprint density at radius 3 is 2.50 bits per heavy atom. The lowest BCUT2D eigenvalue weighted by molar-refractivity contribution is 0.0945. The van der Waals surface area contributed by atoms with Gasteiger partial charge in [0.1, 0.15) is 0 Å². The second kappa shape index (κ2) is 5.93. The van der Waals surface area contributed by atoms with E-state index < -0.39 is 0 Å². The van der Waals surface area contributed by atoms with Crippen LogP contribution in [0.25, 0.3) is 0 Å². The van der Waals surface area contributed by atoms with Crippen LogP contribution in [0.5, 0.6) is 0 Å². The van der Waals surface area contributed by atoms with Gasteiger partial charge < -0.3 is 5.32 Å². The second-order valence-electron chi connectivity index (χ2n) is 3.55. The van der Waals surface area contributed by atoms with Gasteiger partial charge in [0.25, 0.3) is 5.91 Å². The molecule has 18 heavy (non-hydrogen) atoms. The number of rotatable bonds is 3. The maximum absolute atomic E-state index is 11.7. The first-order valence-corrected chi connectivity index (χ1v) is 6.34. The van der Waals surface area contributed by atoms with Crippen LogP contribution in [0.3, 0.4) is 0 Å². The predicted octanol–water partition coefficient (Wildman–Crippen LogP) is 2.82. The summed E-state index contributed by atoms with van der Waals surface area (Å²) in [6.45, 7) is 0.441. The number of hydrogen-bond acceptors (Lipinski definition) is 3. The fraction of sp³-hybridized carbons (Fsp3) is 0.0833. The Bertz CT molecular complexity index is 542. The van der Waals surface area contributed by atoms with E-state index in [4.69, 9.17) is 11.6 Å². The van der Waals surface area contributed by atoms with E-state index in [9.17, 15) is 4.79 Å². The first kappa shape index (κ1) is 13.0. The van der Waals surface area contributed by atoms with Gasteiger partial charge in [-0.3, -0.25) is 4.79 Å². The second-order valence-corrected chi connectivity index (χ2v) is 4.85. The zero-order valence-corrected chi connectivity index (χ0v) is 11.6. The number of aromatic nitrogens is 2. The largest absolute Gasteiger partial charge is 0.347 e. The smallest absolute Gasteiger partial charge is 0.272 e. The summed E-state index contributed by atoms with van der Waals surface area (Å²) in [4.78, 5) is 11.7. The highest BCUT2D eigenvalue weighted by Crippen LogP contribution is 2.10. The molecule has 0 saturated carbocycles. The number of nitrogens with one attached hydrogen (secondary N) is 1. The molecule has 1 aromatic carbocycles. The third-order valence-electron chi connectivity index (χ3n) is 2.23. The SMILES string of the molecule is O=C(NCc1ccc(Br)cc1)c1ccc(Cl)nn1. The van der Waals surface area contributed by atoms with Crippen molar-refractivity contribution in [2.45, 2.75) is 6.54 Å². The third kappa shape index (κ3) is 3.51. The maximum atomic E-state index is 11.7. The average molecular weight is 327 g/mol. The van der Waals surface area contributed by atoms with Crippen LogP contribution in [-0.4, -0.2) is 16.1 Å². The van der Waals surface area contributed by atoms with Crippen molar-refractivity contribution in [1.29, 1.82) is 0 Å². The molecule has 0 radical (unpaired) electrons. The minimum absolute atomic E-state index is 0.247. The van der Waals surface area contributed by atoms with Crippen molar-refractivity contribution in [3.05, 3.63) is 57.3 Å². The molecule has 0 atom stereocenters. The summed E-state index contributed by atoms with van der Waals surface area (Å²) in [5.74, 6) is -0.276. The number of nitrogens with zero attached hydrogens (tertiary/aromatic N) is 2. The molecular weight excluding hydrogens is 318 g/mol. The quantitative estimate of drug-likeness (QED) is 0.943. The van der Waals surface area contributed by atoms with E-state index in [-0.39, 0.29) is 16.8 Å². The van der Waals surface area contributed by atoms with Crippen molar-refractivity contribution in [1.82, 2.24) is 15.5 Å². The van der Waals surface area contributed by atoms with Crippen molar-refractivity contribution in [2.24, 2.45) is 0 Å². The summed E-state index contributed by atoms with van der Waals surface area (Å²) in [6, 6.07) is 10.8. The fourth-order valence-electron chi connectivity index (χ4n) is 1.31. The van der Waals surface area contributed by atoms with Crippen LogP contribution in [0.1, 0.15) is 16.1 Å². The van der Waals surface area contributed by atoms with Gasteiger partial charge in [0.05, 0.1) is 0 Å². The van der Waals surface area contributed by atoms with Gasteiger partial charge in [-0.1, -0.05) is 39.7 Å². The van der Waals surface area contributed by atoms with Crippen LogP contribution < -0.4 is 5.32 Å². The monoisotopic (exact) mass is 325 g/mol. The zero-order chi connectivity index (χ0) is 13.0. The zero-order valence-electron chi connectivity index (χ0n) is 9.23. The molecule has 1 aromatic heterocycles. The molecule has 0 unspecified atom stereocenters. The van der Waals surface area contributed by atoms with E-state index in [0.717, 1.165) is 10.0 Å². The first-order chi connectivity index (χ1) is 8.65. The van der Waals surface area contributed by atoms with Gasteiger partial charge in [-0.2, -0.15) is 0 Å². The van der Waals surface area contributed by atoms with Crippen LogP contribution in [0.4, 0.5) is 0 Å². The molecule has 0 bridgehead atoms. The van der Waals surface area contributed by atoms with E-state index in [0.29, 0.717) is 6.54 Å². The summed E-state index contributed by atoms with van der Waals surface area (Å²) >= 11 is 8.95. The Kier molecular flexibility index (Phi) is 4.28. The van der Waals surface area contributed by atoms with Gasteiger partial charge in [0.15, 0.2) is 10.8 Å². The van der Waals surface area contributed by atoms with Crippen molar-refractivity contribution in [3.63, 3.8) is 0 Å². The molecular formula is C12H9BrClN3O. The molecule has 92 valence electrons. The average Bonchev–Trinajstić information content (AvgIpc) is 2.38. The Morgan fingerprint density at radius 1 is 1.17 bits per heavy atom. The Morgan fingerprint density at radius 2 is 1.89 bits per heavy atom. The van der Waals surface area contributed by atoms with Crippen molar-refractivity contribution in [3.8, 4) is 0 Å². The lowest BCUT2D eigenvalue weighted by Crippen LogP contribution is -2.24. The molecule has 0 spiro atoms. The Labute approximate surface area is 118 Å². The summed E-state index contributed by atoms with van der Waals surface area (Å²) in [7, 11) is 0. The maximum Gasteiger partial charge on any atom is 0.272 e. The molecule has 1 N–H and O–H groups in total. The molecule has 6 heteroatoms. The molecule has 0 fully saturated rings. The summed E-state index contributed by atoms with van der Waals surface area (Å²) in [6.07, 6.45) is 0. The van der Waals surface area contributed by atoms with Gasteiger partial charge in [0, 0.05) is 11.0 Å². The molecule has 2 rings (SSSR count). The number of carbonyl (C=O) groups is 1. The number of halogens is 2. The number of amides is 1. The van der Waals surface area contributed by atoms with Gasteiger partial charge in [-0.15, -0.1) is 10.2 Å². The van der Waals surface area contributed by atoms with Crippen LogP contribution >= 0.6 is 27.5 Å². The van der Waals surface area contributed by atoms with E-state index in [1.165, 1.54) is 12.1 Å². The summed E-state index contributed by atoms with van der Waals surface area (Å²) in [5.41, 5.74) is 1.25. The lowest BCUT2D eigenvalue weighted by atomic mass is 10.2. The van der Waals surface area contributed by atoms with Crippen molar-refractivity contribution < 1.29 is 4.79 Å². The lowest BCUT2D eigenvalue weighted by Gasteiger charge is -2.04. The van der Waals surface area contributed by atoms with E-state index in [1.807, 2.05) is 24.3 Å². The van der Waals surface area contributed by atoms with Gasteiger partial charge in [-0.05, 0) is 29.8 Å². The molecule has 1 heterocycles. The molecule has 4 nitrogen and oxygen atoms in total. The first-order valence-electron chi connectivity index (χ1n) is 5.17. The highest BCUT2D eigenvalue weighted by Gasteiger charge is 2.07. The van der Waals surface area contributed by atoms with Gasteiger partial charge >= 0.3 is 0 Å². The topological polar surface area (TPSA) is 54.9 Å². The van der Waals surface area contributed by atoms with Gasteiger partial charge in [-0.25, -0.2) is 0 Å². The normalized spacial score (nSPS) is 10.1. The van der Waals surface area contributed by atoms with Crippen LogP contribution in [0, 0.1) is 0 Å². The third-order valence-corrected chi connectivity index (χ3v) is 2.96. The number of carbonyl (C=O) groups excluding carboxylic acids is 1. The van der Waals surface area contributed by atoms with Crippen LogP contribution in [-0.2, 0) is 6.54 Å². The molecule has 0 aliphatic carbocycles. The van der Waals surface area contributed by atoms with Gasteiger partial charge in [0.2, 0.25) is 0 Å². The van der Waals surface area contributed by atoms with E-state index in [1.54, 1.807) is 0 Å². The Hall–Kier alpha value is -1.46. The molecule has 0 aliphatic heterocycles. The minimum atomic E-state index is -0.276. The summed E-state index contributed by atoms with van der Waals surface area (Å²) in [5, 5.41) is 10.3. The Balaban J connectivity index is 1.96. The van der Waals surface area contributed by atoms with Crippen molar-refractivity contribution in [2.75, 3.05) is 0 Å². The fourth-order valence-corrected chi connectivity index (χ4v) is 1.68. The van der Waals surface area contributed by atoms with E-state index >= 15 is 0 Å². The van der Waals surface area contributed by atoms with E-state index in [2.05, 4.69) is 31.4 Å². The molecule has 0 aliphatic rings. The van der Waals surface area contributed by atoms with Crippen LogP contribution in [0.15, 0.2) is 40.9 Å². The molecule has 2 aromatic rings. The molecule has 1 amide bonds. The van der Waals surface area contributed by atoms with Crippen LogP contribution in [0.2, 0.25) is 5.15 Å². The molecule has 0 saturated heterocycles. The number of benzene rings is 1. The highest BCUT2D eigenvalue weighted by molar-refractivity contribution is 9.10.